The zero-order chi connectivity index (χ0) is 33.6. The highest BCUT2D eigenvalue weighted by molar-refractivity contribution is 6.74. The third kappa shape index (κ3) is 7.49. The lowest BCUT2D eigenvalue weighted by Crippen LogP contribution is -2.52. The van der Waals surface area contributed by atoms with Gasteiger partial charge in [0.1, 0.15) is 0 Å². The Bertz CT molecular complexity index is 1110. The number of carbonyl (C=O) groups is 1. The molecule has 4 rings (SSSR count). The Morgan fingerprint density at radius 2 is 1.62 bits per heavy atom. The van der Waals surface area contributed by atoms with Crippen molar-refractivity contribution in [2.45, 2.75) is 162 Å². The van der Waals surface area contributed by atoms with E-state index in [0.717, 1.165) is 37.2 Å². The highest BCUT2D eigenvalue weighted by Crippen LogP contribution is 2.67. The van der Waals surface area contributed by atoms with Gasteiger partial charge in [0.05, 0.1) is 6.61 Å². The van der Waals surface area contributed by atoms with Crippen LogP contribution in [0.15, 0.2) is 23.8 Å². The van der Waals surface area contributed by atoms with Crippen LogP contribution in [0.1, 0.15) is 120 Å². The largest absolute Gasteiger partial charge is 0.463 e. The maximum absolute atomic E-state index is 12.2. The van der Waals surface area contributed by atoms with E-state index < -0.39 is 16.6 Å². The molecule has 6 heteroatoms. The molecule has 0 radical (unpaired) electrons. The molecule has 4 nitrogen and oxygen atoms in total. The lowest BCUT2D eigenvalue weighted by Gasteiger charge is -2.59. The van der Waals surface area contributed by atoms with Gasteiger partial charge in [0, 0.05) is 18.8 Å². The van der Waals surface area contributed by atoms with Crippen LogP contribution in [0.3, 0.4) is 0 Å². The molecule has 4 aliphatic rings. The zero-order valence-corrected chi connectivity index (χ0v) is 33.6. The van der Waals surface area contributed by atoms with Crippen molar-refractivity contribution in [1.29, 1.82) is 0 Å². The molecule has 0 saturated heterocycles. The van der Waals surface area contributed by atoms with Gasteiger partial charge in [0.15, 0.2) is 16.6 Å². The van der Waals surface area contributed by atoms with Gasteiger partial charge < -0.3 is 13.6 Å². The van der Waals surface area contributed by atoms with Crippen LogP contribution in [0.25, 0.3) is 0 Å². The fourth-order valence-corrected chi connectivity index (χ4v) is 12.0. The Kier molecular flexibility index (Phi) is 11.0. The van der Waals surface area contributed by atoms with E-state index >= 15 is 0 Å². The summed E-state index contributed by atoms with van der Waals surface area (Å²) in [4.78, 5) is 12.2. The fourth-order valence-electron chi connectivity index (χ4n) is 9.55. The number of ether oxygens (including phenoxy) is 1. The normalized spacial score (nSPS) is 35.0. The summed E-state index contributed by atoms with van der Waals surface area (Å²) in [5, 5.41) is 0.448. The summed E-state index contributed by atoms with van der Waals surface area (Å²) in [5.74, 6) is 3.21. The second kappa shape index (κ2) is 13.3. The van der Waals surface area contributed by atoms with Gasteiger partial charge in [0.2, 0.25) is 0 Å². The summed E-state index contributed by atoms with van der Waals surface area (Å²) in [6.45, 7) is 32.1. The number of hydrogen-bond donors (Lipinski definition) is 0. The van der Waals surface area contributed by atoms with Crippen LogP contribution in [0, 0.1) is 40.4 Å². The Hall–Kier alpha value is -0.696. The maximum atomic E-state index is 12.2. The van der Waals surface area contributed by atoms with Gasteiger partial charge in [-0.25, -0.2) is 4.79 Å². The summed E-state index contributed by atoms with van der Waals surface area (Å²) < 4.78 is 19.1. The van der Waals surface area contributed by atoms with E-state index in [1.54, 1.807) is 11.6 Å². The Labute approximate surface area is 280 Å². The standard InChI is InChI=1S/C39H70O4Si2/c1-14-41-35(40)17-15-16-28(27-42-44(10,11)36(2,3)4)32-20-21-33-31-19-18-29-26-30(43-45(12,13)37(5,6)7)22-24-38(29,8)34(31)23-25-39(32,33)9/h15,17-18,28,30-34H,14,16,19-27H2,1-13H3/b17-15+/t28-,30-,31-,32+,33-,34-,38-,39+/m0/s1. The number of allylic oxidation sites excluding steroid dienone is 2. The lowest BCUT2D eigenvalue weighted by atomic mass is 9.47. The highest BCUT2D eigenvalue weighted by atomic mass is 28.4. The number of esters is 1. The number of carbonyl (C=O) groups excluding carboxylic acids is 1. The van der Waals surface area contributed by atoms with Crippen molar-refractivity contribution >= 4 is 22.6 Å². The predicted octanol–water partition coefficient (Wildman–Crippen LogP) is 11.1. The van der Waals surface area contributed by atoms with Crippen LogP contribution in [-0.4, -0.2) is 41.9 Å². The summed E-state index contributed by atoms with van der Waals surface area (Å²) in [5.41, 5.74) is 2.40. The molecule has 3 saturated carbocycles. The van der Waals surface area contributed by atoms with E-state index in [4.69, 9.17) is 13.6 Å². The predicted molar refractivity (Wildman–Crippen MR) is 194 cm³/mol. The maximum Gasteiger partial charge on any atom is 0.330 e. The molecule has 0 N–H and O–H groups in total. The molecule has 45 heavy (non-hydrogen) atoms. The van der Waals surface area contributed by atoms with Gasteiger partial charge in [-0.05, 0) is 141 Å². The van der Waals surface area contributed by atoms with Gasteiger partial charge in [-0.15, -0.1) is 0 Å². The molecule has 8 atom stereocenters. The first kappa shape index (κ1) is 37.1. The van der Waals surface area contributed by atoms with Crippen molar-refractivity contribution in [3.8, 4) is 0 Å². The first-order chi connectivity index (χ1) is 20.7. The van der Waals surface area contributed by atoms with Crippen LogP contribution in [0.2, 0.25) is 36.3 Å². The second-order valence-corrected chi connectivity index (χ2v) is 28.5. The van der Waals surface area contributed by atoms with Crippen molar-refractivity contribution in [2.75, 3.05) is 13.2 Å². The summed E-state index contributed by atoms with van der Waals surface area (Å²) in [7, 11) is -3.65. The first-order valence-electron chi connectivity index (χ1n) is 18.5. The van der Waals surface area contributed by atoms with Crippen molar-refractivity contribution in [2.24, 2.45) is 40.4 Å². The minimum Gasteiger partial charge on any atom is -0.463 e. The summed E-state index contributed by atoms with van der Waals surface area (Å²) >= 11 is 0. The molecule has 3 fully saturated rings. The average molecular weight is 659 g/mol. The Balaban J connectivity index is 1.52. The minimum absolute atomic E-state index is 0.189. The zero-order valence-electron chi connectivity index (χ0n) is 31.6. The molecule has 0 spiro atoms. The van der Waals surface area contributed by atoms with E-state index in [1.165, 1.54) is 44.9 Å². The molecule has 0 aromatic rings. The number of fused-ring (bicyclic) bond motifs is 5. The van der Waals surface area contributed by atoms with E-state index in [0.29, 0.717) is 35.4 Å². The van der Waals surface area contributed by atoms with Crippen LogP contribution in [-0.2, 0) is 18.4 Å². The monoisotopic (exact) mass is 658 g/mol. The number of rotatable bonds is 10. The lowest BCUT2D eigenvalue weighted by molar-refractivity contribution is -0.137. The second-order valence-electron chi connectivity index (χ2n) is 19.0. The van der Waals surface area contributed by atoms with Crippen molar-refractivity contribution in [1.82, 2.24) is 0 Å². The molecule has 0 bridgehead atoms. The van der Waals surface area contributed by atoms with E-state index in [2.05, 4.69) is 93.7 Å². The quantitative estimate of drug-likeness (QED) is 0.101. The van der Waals surface area contributed by atoms with Gasteiger partial charge in [0.25, 0.3) is 0 Å². The molecule has 0 aromatic carbocycles. The Morgan fingerprint density at radius 3 is 2.24 bits per heavy atom. The molecule has 0 aliphatic heterocycles. The third-order valence-corrected chi connectivity index (χ3v) is 23.4. The first-order valence-corrected chi connectivity index (χ1v) is 24.3. The van der Waals surface area contributed by atoms with Gasteiger partial charge in [-0.2, -0.15) is 0 Å². The van der Waals surface area contributed by atoms with Gasteiger partial charge in [-0.3, -0.25) is 0 Å². The molecule has 258 valence electrons. The van der Waals surface area contributed by atoms with Crippen LogP contribution in [0.5, 0.6) is 0 Å². The highest BCUT2D eigenvalue weighted by Gasteiger charge is 2.60. The van der Waals surface area contributed by atoms with Gasteiger partial charge in [-0.1, -0.05) is 73.1 Å². The topological polar surface area (TPSA) is 44.8 Å². The van der Waals surface area contributed by atoms with E-state index in [9.17, 15) is 4.79 Å². The fraction of sp³-hybridized carbons (Fsp3) is 0.872. The Morgan fingerprint density at radius 1 is 0.956 bits per heavy atom. The molecular weight excluding hydrogens is 589 g/mol. The minimum atomic E-state index is -1.88. The smallest absolute Gasteiger partial charge is 0.330 e. The third-order valence-electron chi connectivity index (χ3n) is 14.4. The molecule has 0 aromatic heterocycles. The van der Waals surface area contributed by atoms with Crippen molar-refractivity contribution < 1.29 is 18.4 Å². The SMILES string of the molecule is CCOC(=O)/C=C/C[C@@H](CO[Si](C)(C)C(C)(C)C)[C@H]1CC[C@H]2[C@@H]3CC=C4C[C@@H](O[Si](C)(C)C(C)(C)C)CC[C@]4(C)[C@H]3CC[C@]12C. The van der Waals surface area contributed by atoms with Gasteiger partial charge >= 0.3 is 5.97 Å². The molecule has 4 aliphatic carbocycles. The molecule has 0 amide bonds. The van der Waals surface area contributed by atoms with Crippen molar-refractivity contribution in [3.63, 3.8) is 0 Å². The number of hydrogen-bond acceptors (Lipinski definition) is 4. The molecule has 0 unspecified atom stereocenters. The summed E-state index contributed by atoms with van der Waals surface area (Å²) in [6.07, 6.45) is 18.0. The van der Waals surface area contributed by atoms with Crippen LogP contribution >= 0.6 is 0 Å². The van der Waals surface area contributed by atoms with Crippen LogP contribution < -0.4 is 0 Å². The van der Waals surface area contributed by atoms with E-state index in [-0.39, 0.29) is 16.0 Å². The molecular formula is C39H70O4Si2. The van der Waals surface area contributed by atoms with Crippen molar-refractivity contribution in [3.05, 3.63) is 23.8 Å². The molecule has 0 heterocycles. The summed E-state index contributed by atoms with van der Waals surface area (Å²) in [6, 6.07) is 0. The van der Waals surface area contributed by atoms with Crippen LogP contribution in [0.4, 0.5) is 0 Å². The van der Waals surface area contributed by atoms with E-state index in [1.807, 2.05) is 6.92 Å². The average Bonchev–Trinajstić information content (AvgIpc) is 3.26.